The summed E-state index contributed by atoms with van der Waals surface area (Å²) in [5.41, 5.74) is -3.23. The Labute approximate surface area is 158 Å². The van der Waals surface area contributed by atoms with Crippen LogP contribution in [0.4, 0.5) is 13.2 Å². The van der Waals surface area contributed by atoms with Crippen LogP contribution in [0, 0.1) is 0 Å². The third-order valence-electron chi connectivity index (χ3n) is 4.25. The zero-order valence-electron chi connectivity index (χ0n) is 14.0. The van der Waals surface area contributed by atoms with E-state index < -0.39 is 29.6 Å². The molecule has 2 amide bonds. The number of amides is 2. The van der Waals surface area contributed by atoms with Crippen LogP contribution >= 0.6 is 23.2 Å². The van der Waals surface area contributed by atoms with Crippen LogP contribution in [0.25, 0.3) is 0 Å². The summed E-state index contributed by atoms with van der Waals surface area (Å²) < 4.78 is 38.6. The zero-order valence-corrected chi connectivity index (χ0v) is 15.5. The smallest absolute Gasteiger partial charge is 0.373 e. The third-order valence-corrected chi connectivity index (χ3v) is 4.69. The number of carbonyl (C=O) groups excluding carboxylic acids is 2. The average Bonchev–Trinajstić information content (AvgIpc) is 2.51. The number of piperazine rings is 1. The molecule has 0 spiro atoms. The summed E-state index contributed by atoms with van der Waals surface area (Å²) in [5.74, 6) is -1.83. The van der Waals surface area contributed by atoms with Gasteiger partial charge in [0.25, 0.3) is 11.8 Å². The fourth-order valence-electron chi connectivity index (χ4n) is 2.72. The van der Waals surface area contributed by atoms with Crippen molar-refractivity contribution in [2.45, 2.75) is 31.7 Å². The SMILES string of the molecule is C[C@@H]1CN(C(=O)[C@@](C)(O)C(F)(F)F)CCN1C(=O)c1cc(Cl)cc(Cl)c1. The lowest BCUT2D eigenvalue weighted by atomic mass is 10.0. The fourth-order valence-corrected chi connectivity index (χ4v) is 3.24. The minimum atomic E-state index is -5.09. The van der Waals surface area contributed by atoms with Gasteiger partial charge in [-0.1, -0.05) is 23.2 Å². The van der Waals surface area contributed by atoms with Crippen molar-refractivity contribution < 1.29 is 27.9 Å². The highest BCUT2D eigenvalue weighted by molar-refractivity contribution is 6.35. The van der Waals surface area contributed by atoms with Crippen LogP contribution in [0.3, 0.4) is 0 Å². The number of hydrogen-bond acceptors (Lipinski definition) is 3. The molecule has 5 nitrogen and oxygen atoms in total. The molecule has 1 saturated heterocycles. The first-order valence-corrected chi connectivity index (χ1v) is 8.45. The van der Waals surface area contributed by atoms with Gasteiger partial charge in [-0.2, -0.15) is 13.2 Å². The Hall–Kier alpha value is -1.51. The van der Waals surface area contributed by atoms with Crippen LogP contribution in [0.2, 0.25) is 10.0 Å². The minimum absolute atomic E-state index is 0.0177. The van der Waals surface area contributed by atoms with Gasteiger partial charge in [0, 0.05) is 41.3 Å². The molecule has 1 aliphatic heterocycles. The van der Waals surface area contributed by atoms with Crippen molar-refractivity contribution >= 4 is 35.0 Å². The monoisotopic (exact) mass is 412 g/mol. The molecule has 0 aromatic heterocycles. The minimum Gasteiger partial charge on any atom is -0.373 e. The van der Waals surface area contributed by atoms with Gasteiger partial charge in [0.05, 0.1) is 0 Å². The maximum absolute atomic E-state index is 12.9. The molecule has 2 atom stereocenters. The van der Waals surface area contributed by atoms with E-state index in [0.717, 1.165) is 4.90 Å². The molecule has 1 aliphatic rings. The first kappa shape index (κ1) is 20.8. The molecule has 0 radical (unpaired) electrons. The molecule has 0 bridgehead atoms. The van der Waals surface area contributed by atoms with Gasteiger partial charge < -0.3 is 14.9 Å². The van der Waals surface area contributed by atoms with Gasteiger partial charge in [0.15, 0.2) is 0 Å². The average molecular weight is 413 g/mol. The third kappa shape index (κ3) is 4.07. The van der Waals surface area contributed by atoms with E-state index in [9.17, 15) is 27.9 Å². The molecule has 10 heteroatoms. The maximum Gasteiger partial charge on any atom is 0.426 e. The highest BCUT2D eigenvalue weighted by atomic mass is 35.5. The Balaban J connectivity index is 2.13. The fraction of sp³-hybridized carbons (Fsp3) is 0.500. The molecule has 144 valence electrons. The lowest BCUT2D eigenvalue weighted by Gasteiger charge is -2.42. The van der Waals surface area contributed by atoms with Crippen molar-refractivity contribution in [2.24, 2.45) is 0 Å². The maximum atomic E-state index is 12.9. The van der Waals surface area contributed by atoms with E-state index in [1.807, 2.05) is 0 Å². The molecule has 2 rings (SSSR count). The summed E-state index contributed by atoms with van der Waals surface area (Å²) in [6, 6.07) is 3.80. The van der Waals surface area contributed by atoms with E-state index in [4.69, 9.17) is 23.2 Å². The first-order valence-electron chi connectivity index (χ1n) is 7.70. The van der Waals surface area contributed by atoms with Crippen molar-refractivity contribution in [3.63, 3.8) is 0 Å². The second-order valence-corrected chi connectivity index (χ2v) is 7.20. The second kappa shape index (κ2) is 7.25. The summed E-state index contributed by atoms with van der Waals surface area (Å²) in [5, 5.41) is 10.1. The van der Waals surface area contributed by atoms with Gasteiger partial charge in [-0.05, 0) is 32.0 Å². The van der Waals surface area contributed by atoms with E-state index in [2.05, 4.69) is 0 Å². The molecule has 1 heterocycles. The number of rotatable bonds is 2. The molecule has 1 aromatic carbocycles. The van der Waals surface area contributed by atoms with Gasteiger partial charge >= 0.3 is 6.18 Å². The molecule has 0 saturated carbocycles. The van der Waals surface area contributed by atoms with Crippen LogP contribution in [-0.2, 0) is 4.79 Å². The highest BCUT2D eigenvalue weighted by Gasteiger charge is 2.57. The van der Waals surface area contributed by atoms with Crippen molar-refractivity contribution in [3.05, 3.63) is 33.8 Å². The first-order chi connectivity index (χ1) is 11.8. The van der Waals surface area contributed by atoms with Crippen molar-refractivity contribution in [1.29, 1.82) is 0 Å². The van der Waals surface area contributed by atoms with Crippen molar-refractivity contribution in [1.82, 2.24) is 9.80 Å². The number of aliphatic hydroxyl groups is 1. The molecular formula is C16H17Cl2F3N2O3. The predicted octanol–water partition coefficient (Wildman–Crippen LogP) is 2.98. The Bertz CT molecular complexity index is 705. The topological polar surface area (TPSA) is 60.9 Å². The molecule has 0 aliphatic carbocycles. The number of carbonyl (C=O) groups is 2. The van der Waals surface area contributed by atoms with Crippen LogP contribution in [-0.4, -0.2) is 64.2 Å². The Kier molecular flexibility index (Phi) is 5.80. The number of benzene rings is 1. The summed E-state index contributed by atoms with van der Waals surface area (Å²) in [7, 11) is 0. The van der Waals surface area contributed by atoms with Crippen LogP contribution < -0.4 is 0 Å². The summed E-state index contributed by atoms with van der Waals surface area (Å²) in [6.45, 7) is 1.78. The Morgan fingerprint density at radius 1 is 1.15 bits per heavy atom. The van der Waals surface area contributed by atoms with Gasteiger partial charge in [-0.15, -0.1) is 0 Å². The summed E-state index contributed by atoms with van der Waals surface area (Å²) in [4.78, 5) is 27.0. The quantitative estimate of drug-likeness (QED) is 0.811. The zero-order chi connectivity index (χ0) is 19.9. The highest BCUT2D eigenvalue weighted by Crippen LogP contribution is 2.32. The summed E-state index contributed by atoms with van der Waals surface area (Å²) in [6.07, 6.45) is -5.09. The molecule has 1 fully saturated rings. The number of nitrogens with zero attached hydrogens (tertiary/aromatic N) is 2. The van der Waals surface area contributed by atoms with Crippen LogP contribution in [0.1, 0.15) is 24.2 Å². The van der Waals surface area contributed by atoms with E-state index in [-0.39, 0.29) is 35.2 Å². The van der Waals surface area contributed by atoms with Gasteiger partial charge in [-0.3, -0.25) is 9.59 Å². The lowest BCUT2D eigenvalue weighted by Crippen LogP contribution is -2.62. The second-order valence-electron chi connectivity index (χ2n) is 6.33. The normalized spacial score (nSPS) is 20.7. The number of halogens is 5. The van der Waals surface area contributed by atoms with Crippen LogP contribution in [0.5, 0.6) is 0 Å². The predicted molar refractivity (Wildman–Crippen MR) is 90.2 cm³/mol. The van der Waals surface area contributed by atoms with E-state index in [1.165, 1.54) is 23.1 Å². The Morgan fingerprint density at radius 3 is 2.15 bits per heavy atom. The van der Waals surface area contributed by atoms with Gasteiger partial charge in [0.2, 0.25) is 5.60 Å². The van der Waals surface area contributed by atoms with E-state index >= 15 is 0 Å². The van der Waals surface area contributed by atoms with Crippen molar-refractivity contribution in [3.8, 4) is 0 Å². The van der Waals surface area contributed by atoms with E-state index in [0.29, 0.717) is 6.92 Å². The van der Waals surface area contributed by atoms with Crippen LogP contribution in [0.15, 0.2) is 18.2 Å². The Morgan fingerprint density at radius 2 is 1.69 bits per heavy atom. The van der Waals surface area contributed by atoms with Crippen molar-refractivity contribution in [2.75, 3.05) is 19.6 Å². The molecule has 1 N–H and O–H groups in total. The number of hydrogen-bond donors (Lipinski definition) is 1. The summed E-state index contributed by atoms with van der Waals surface area (Å²) >= 11 is 11.8. The molecule has 0 unspecified atom stereocenters. The lowest BCUT2D eigenvalue weighted by molar-refractivity contribution is -0.250. The van der Waals surface area contributed by atoms with Gasteiger partial charge in [-0.25, -0.2) is 0 Å². The standard InChI is InChI=1S/C16H17Cl2F3N2O3/c1-9-8-22(14(25)15(2,26)16(19,20)21)3-4-23(9)13(24)10-5-11(17)7-12(18)6-10/h5-7,9,26H,3-4,8H2,1-2H3/t9-,15-/m1/s1. The number of alkyl halides is 3. The molecular weight excluding hydrogens is 396 g/mol. The van der Waals surface area contributed by atoms with Gasteiger partial charge in [0.1, 0.15) is 0 Å². The molecule has 26 heavy (non-hydrogen) atoms. The molecule has 1 aromatic rings. The van der Waals surface area contributed by atoms with E-state index in [1.54, 1.807) is 6.92 Å². The largest absolute Gasteiger partial charge is 0.426 e.